The van der Waals surface area contributed by atoms with Gasteiger partial charge in [0.05, 0.1) is 12.2 Å². The molecule has 5 rings (SSSR count). The van der Waals surface area contributed by atoms with E-state index in [0.29, 0.717) is 18.6 Å². The SMILES string of the molecule is CC(=O)O.c1ccc(-c2n[nH]c(Cc3ccc(N4CCC(OC5CCCCC5)CC4)nc3)n2)cc1. The van der Waals surface area contributed by atoms with Crippen LogP contribution in [-0.2, 0) is 16.0 Å². The molecule has 0 unspecified atom stereocenters. The second kappa shape index (κ2) is 12.4. The molecule has 0 radical (unpaired) electrons. The van der Waals surface area contributed by atoms with Crippen LogP contribution in [0.25, 0.3) is 11.4 Å². The van der Waals surface area contributed by atoms with Crippen LogP contribution < -0.4 is 4.90 Å². The molecule has 0 bridgehead atoms. The standard InChI is InChI=1S/C25H31N5O.C2H4O2/c1-3-7-20(8-4-1)25-27-23(28-29-25)17-19-11-12-24(26-18-19)30-15-13-22(14-16-30)31-21-9-5-2-6-10-21;1-2(3)4/h1,3-4,7-8,11-12,18,21-22H,2,5-6,9-10,13-17H2,(H,27,28,29);1H3,(H,3,4). The number of benzene rings is 1. The Morgan fingerprint density at radius 3 is 2.37 bits per heavy atom. The van der Waals surface area contributed by atoms with Crippen molar-refractivity contribution in [3.63, 3.8) is 0 Å². The minimum atomic E-state index is -0.833. The van der Waals surface area contributed by atoms with E-state index in [1.807, 2.05) is 36.5 Å². The molecule has 3 aromatic rings. The predicted molar refractivity (Wildman–Crippen MR) is 135 cm³/mol. The summed E-state index contributed by atoms with van der Waals surface area (Å²) in [5, 5.41) is 14.8. The van der Waals surface area contributed by atoms with E-state index in [9.17, 15) is 0 Å². The number of aliphatic carboxylic acids is 1. The van der Waals surface area contributed by atoms with Crippen LogP contribution in [0.15, 0.2) is 48.7 Å². The number of carboxylic acids is 1. The number of aromatic amines is 1. The van der Waals surface area contributed by atoms with Gasteiger partial charge >= 0.3 is 0 Å². The Morgan fingerprint density at radius 2 is 1.71 bits per heavy atom. The Labute approximate surface area is 206 Å². The molecular weight excluding hydrogens is 442 g/mol. The Hall–Kier alpha value is -3.26. The summed E-state index contributed by atoms with van der Waals surface area (Å²) in [6.07, 6.45) is 12.3. The largest absolute Gasteiger partial charge is 0.481 e. The van der Waals surface area contributed by atoms with E-state index in [2.05, 4.69) is 32.2 Å². The fourth-order valence-electron chi connectivity index (χ4n) is 4.69. The van der Waals surface area contributed by atoms with Gasteiger partial charge in [-0.2, -0.15) is 5.10 Å². The number of anilines is 1. The molecule has 35 heavy (non-hydrogen) atoms. The van der Waals surface area contributed by atoms with Gasteiger partial charge in [0.2, 0.25) is 0 Å². The molecule has 2 N–H and O–H groups in total. The molecule has 0 atom stereocenters. The van der Waals surface area contributed by atoms with Crippen molar-refractivity contribution >= 4 is 11.8 Å². The fraction of sp³-hybridized carbons (Fsp3) is 0.481. The maximum atomic E-state index is 9.00. The number of hydrogen-bond donors (Lipinski definition) is 2. The Morgan fingerprint density at radius 1 is 1.03 bits per heavy atom. The summed E-state index contributed by atoms with van der Waals surface area (Å²) in [4.78, 5) is 20.7. The monoisotopic (exact) mass is 477 g/mol. The van der Waals surface area contributed by atoms with Crippen molar-refractivity contribution in [2.45, 2.75) is 70.5 Å². The molecule has 1 aliphatic carbocycles. The maximum Gasteiger partial charge on any atom is 0.300 e. The highest BCUT2D eigenvalue weighted by Gasteiger charge is 2.24. The topological polar surface area (TPSA) is 104 Å². The van der Waals surface area contributed by atoms with Crippen LogP contribution in [-0.4, -0.2) is 56.5 Å². The molecule has 2 aromatic heterocycles. The molecular formula is C27H35N5O3. The van der Waals surface area contributed by atoms with Gasteiger partial charge < -0.3 is 14.7 Å². The number of carbonyl (C=O) groups is 1. The molecule has 1 aliphatic heterocycles. The minimum Gasteiger partial charge on any atom is -0.481 e. The molecule has 3 heterocycles. The zero-order valence-electron chi connectivity index (χ0n) is 20.4. The normalized spacial score (nSPS) is 17.0. The van der Waals surface area contributed by atoms with Gasteiger partial charge in [0.1, 0.15) is 11.6 Å². The van der Waals surface area contributed by atoms with Crippen molar-refractivity contribution in [1.29, 1.82) is 0 Å². The highest BCUT2D eigenvalue weighted by molar-refractivity contribution is 5.63. The van der Waals surface area contributed by atoms with E-state index in [-0.39, 0.29) is 0 Å². The molecule has 0 amide bonds. The highest BCUT2D eigenvalue weighted by atomic mass is 16.5. The van der Waals surface area contributed by atoms with Gasteiger partial charge in [0, 0.05) is 38.2 Å². The van der Waals surface area contributed by atoms with Gasteiger partial charge in [0.25, 0.3) is 5.97 Å². The van der Waals surface area contributed by atoms with Gasteiger partial charge in [-0.1, -0.05) is 55.7 Å². The zero-order chi connectivity index (χ0) is 24.5. The predicted octanol–water partition coefficient (Wildman–Crippen LogP) is 4.87. The minimum absolute atomic E-state index is 0.420. The van der Waals surface area contributed by atoms with Gasteiger partial charge in [-0.3, -0.25) is 9.89 Å². The number of pyridine rings is 1. The number of aromatic nitrogens is 4. The van der Waals surface area contributed by atoms with E-state index in [1.54, 1.807) is 0 Å². The van der Waals surface area contributed by atoms with Gasteiger partial charge in [0.15, 0.2) is 5.82 Å². The van der Waals surface area contributed by atoms with E-state index in [0.717, 1.165) is 61.4 Å². The van der Waals surface area contributed by atoms with E-state index < -0.39 is 5.97 Å². The van der Waals surface area contributed by atoms with Crippen LogP contribution in [0.5, 0.6) is 0 Å². The van der Waals surface area contributed by atoms with Crippen LogP contribution >= 0.6 is 0 Å². The molecule has 2 aliphatic rings. The zero-order valence-corrected chi connectivity index (χ0v) is 20.4. The number of H-pyrrole nitrogens is 1. The molecule has 8 heteroatoms. The lowest BCUT2D eigenvalue weighted by atomic mass is 9.97. The van der Waals surface area contributed by atoms with E-state index in [1.165, 1.54) is 32.1 Å². The maximum absolute atomic E-state index is 9.00. The van der Waals surface area contributed by atoms with Crippen LogP contribution in [0.2, 0.25) is 0 Å². The number of ether oxygens (including phenoxy) is 1. The van der Waals surface area contributed by atoms with Crippen LogP contribution in [0.4, 0.5) is 5.82 Å². The number of piperidine rings is 1. The highest BCUT2D eigenvalue weighted by Crippen LogP contribution is 2.26. The van der Waals surface area contributed by atoms with Crippen LogP contribution in [0.3, 0.4) is 0 Å². The first kappa shape index (κ1) is 24.9. The van der Waals surface area contributed by atoms with Crippen molar-refractivity contribution in [1.82, 2.24) is 20.2 Å². The fourth-order valence-corrected chi connectivity index (χ4v) is 4.69. The summed E-state index contributed by atoms with van der Waals surface area (Å²) in [5.41, 5.74) is 2.16. The van der Waals surface area contributed by atoms with Crippen molar-refractivity contribution in [2.75, 3.05) is 18.0 Å². The quantitative estimate of drug-likeness (QED) is 0.522. The third kappa shape index (κ3) is 7.62. The lowest BCUT2D eigenvalue weighted by Gasteiger charge is -2.35. The van der Waals surface area contributed by atoms with Crippen molar-refractivity contribution < 1.29 is 14.6 Å². The van der Waals surface area contributed by atoms with Crippen LogP contribution in [0, 0.1) is 0 Å². The lowest BCUT2D eigenvalue weighted by Crippen LogP contribution is -2.39. The van der Waals surface area contributed by atoms with E-state index >= 15 is 0 Å². The first-order valence-electron chi connectivity index (χ1n) is 12.6. The summed E-state index contributed by atoms with van der Waals surface area (Å²) >= 11 is 0. The second-order valence-corrected chi connectivity index (χ2v) is 9.27. The number of nitrogens with zero attached hydrogens (tertiary/aromatic N) is 4. The number of rotatable bonds is 6. The second-order valence-electron chi connectivity index (χ2n) is 9.27. The Balaban J connectivity index is 0.000000672. The van der Waals surface area contributed by atoms with E-state index in [4.69, 9.17) is 19.6 Å². The molecule has 0 spiro atoms. The number of carboxylic acid groups (broad SMARTS) is 1. The average molecular weight is 478 g/mol. The van der Waals surface area contributed by atoms with Crippen molar-refractivity contribution in [2.24, 2.45) is 0 Å². The third-order valence-electron chi connectivity index (χ3n) is 6.45. The molecule has 1 saturated carbocycles. The summed E-state index contributed by atoms with van der Waals surface area (Å²) in [7, 11) is 0. The lowest BCUT2D eigenvalue weighted by molar-refractivity contribution is -0.134. The molecule has 1 aromatic carbocycles. The van der Waals surface area contributed by atoms with Crippen LogP contribution in [0.1, 0.15) is 63.3 Å². The molecule has 2 fully saturated rings. The number of nitrogens with one attached hydrogen (secondary N) is 1. The third-order valence-corrected chi connectivity index (χ3v) is 6.45. The summed E-state index contributed by atoms with van der Waals surface area (Å²) in [6.45, 7) is 3.12. The average Bonchev–Trinajstić information content (AvgIpc) is 3.34. The first-order valence-corrected chi connectivity index (χ1v) is 12.6. The number of hydrogen-bond acceptors (Lipinski definition) is 6. The Kier molecular flexibility index (Phi) is 8.84. The van der Waals surface area contributed by atoms with Crippen molar-refractivity contribution in [3.05, 3.63) is 60.0 Å². The molecule has 1 saturated heterocycles. The smallest absolute Gasteiger partial charge is 0.300 e. The van der Waals surface area contributed by atoms with Gasteiger partial charge in [-0.05, 0) is 37.3 Å². The summed E-state index contributed by atoms with van der Waals surface area (Å²) < 4.78 is 6.37. The van der Waals surface area contributed by atoms with Crippen molar-refractivity contribution in [3.8, 4) is 11.4 Å². The van der Waals surface area contributed by atoms with Gasteiger partial charge in [-0.15, -0.1) is 0 Å². The molecule has 186 valence electrons. The Bertz CT molecular complexity index is 1040. The molecule has 8 nitrogen and oxygen atoms in total. The summed E-state index contributed by atoms with van der Waals surface area (Å²) in [5.74, 6) is 1.81. The summed E-state index contributed by atoms with van der Waals surface area (Å²) in [6, 6.07) is 14.3. The first-order chi connectivity index (χ1) is 17.1. The van der Waals surface area contributed by atoms with Gasteiger partial charge in [-0.25, -0.2) is 9.97 Å².